The average molecular weight is 298 g/mol. The molecule has 0 fully saturated rings. The molecule has 0 radical (unpaired) electrons. The molecule has 0 amide bonds. The highest BCUT2D eigenvalue weighted by molar-refractivity contribution is 7.71. The Bertz CT molecular complexity index is 795. The van der Waals surface area contributed by atoms with Gasteiger partial charge >= 0.3 is 0 Å². The lowest BCUT2D eigenvalue weighted by molar-refractivity contribution is 0.185. The van der Waals surface area contributed by atoms with Crippen LogP contribution in [0.2, 0.25) is 0 Å². The molecular weight excluding hydrogens is 284 g/mol. The number of aromatic amines is 1. The minimum Gasteiger partial charge on any atom is -0.380 e. The summed E-state index contributed by atoms with van der Waals surface area (Å²) in [5, 5.41) is 7.18. The summed E-state index contributed by atoms with van der Waals surface area (Å²) in [5.74, 6) is 0.733. The number of ether oxygens (including phenoxy) is 1. The number of nitrogens with one attached hydrogen (secondary N) is 1. The third kappa shape index (κ3) is 2.63. The number of hydrogen-bond donors (Lipinski definition) is 1. The van der Waals surface area contributed by atoms with Crippen molar-refractivity contribution >= 4 is 12.2 Å². The Balaban J connectivity index is 2.20. The maximum Gasteiger partial charge on any atom is 0.200 e. The first-order valence-corrected chi connectivity index (χ1v) is 6.87. The maximum absolute atomic E-state index is 5.38. The summed E-state index contributed by atoms with van der Waals surface area (Å²) in [6.07, 6.45) is 3.49. The van der Waals surface area contributed by atoms with Crippen molar-refractivity contribution in [1.82, 2.24) is 19.7 Å². The zero-order chi connectivity index (χ0) is 14.7. The normalized spacial score (nSPS) is 10.7. The highest BCUT2D eigenvalue weighted by Crippen LogP contribution is 2.23. The van der Waals surface area contributed by atoms with Gasteiger partial charge in [0.25, 0.3) is 0 Å². The van der Waals surface area contributed by atoms with Crippen molar-refractivity contribution in [2.45, 2.75) is 6.61 Å². The van der Waals surface area contributed by atoms with Gasteiger partial charge in [0.1, 0.15) is 0 Å². The van der Waals surface area contributed by atoms with Gasteiger partial charge in [-0.3, -0.25) is 14.6 Å². The smallest absolute Gasteiger partial charge is 0.200 e. The molecule has 106 valence electrons. The van der Waals surface area contributed by atoms with E-state index in [-0.39, 0.29) is 0 Å². The second kappa shape index (κ2) is 5.99. The lowest BCUT2D eigenvalue weighted by Gasteiger charge is -2.11. The van der Waals surface area contributed by atoms with Crippen LogP contribution in [-0.2, 0) is 11.3 Å². The molecule has 3 rings (SSSR count). The van der Waals surface area contributed by atoms with Crippen LogP contribution in [0.25, 0.3) is 17.1 Å². The molecule has 2 heterocycles. The molecule has 2 aromatic heterocycles. The lowest BCUT2D eigenvalue weighted by Crippen LogP contribution is -2.03. The van der Waals surface area contributed by atoms with Gasteiger partial charge in [-0.25, -0.2) is 0 Å². The fourth-order valence-corrected chi connectivity index (χ4v) is 2.45. The Morgan fingerprint density at radius 2 is 2.10 bits per heavy atom. The van der Waals surface area contributed by atoms with Crippen LogP contribution in [0.1, 0.15) is 5.56 Å². The number of para-hydroxylation sites is 1. The summed E-state index contributed by atoms with van der Waals surface area (Å²) < 4.78 is 7.70. The first-order valence-electron chi connectivity index (χ1n) is 6.46. The monoisotopic (exact) mass is 298 g/mol. The Kier molecular flexibility index (Phi) is 3.89. The van der Waals surface area contributed by atoms with Crippen LogP contribution in [-0.4, -0.2) is 26.9 Å². The number of rotatable bonds is 4. The summed E-state index contributed by atoms with van der Waals surface area (Å²) >= 11 is 5.38. The Morgan fingerprint density at radius 1 is 1.24 bits per heavy atom. The molecule has 0 aliphatic rings. The molecule has 0 spiro atoms. The van der Waals surface area contributed by atoms with Crippen molar-refractivity contribution in [2.24, 2.45) is 0 Å². The minimum atomic E-state index is 0.510. The van der Waals surface area contributed by atoms with Gasteiger partial charge in [0.05, 0.1) is 12.3 Å². The highest BCUT2D eigenvalue weighted by Gasteiger charge is 2.13. The molecule has 0 bridgehead atoms. The molecule has 0 unspecified atom stereocenters. The van der Waals surface area contributed by atoms with Crippen molar-refractivity contribution in [3.05, 3.63) is 59.1 Å². The SMILES string of the molecule is COCc1ccccc1-n1c(-c2cccnc2)n[nH]c1=S. The lowest BCUT2D eigenvalue weighted by atomic mass is 10.1. The maximum atomic E-state index is 5.38. The van der Waals surface area contributed by atoms with E-state index in [4.69, 9.17) is 17.0 Å². The number of aromatic nitrogens is 4. The standard InChI is InChI=1S/C15H14N4OS/c1-20-10-12-5-2-3-7-13(12)19-14(17-18-15(19)21)11-6-4-8-16-9-11/h2-9H,10H2,1H3,(H,18,21). The van der Waals surface area contributed by atoms with Crippen molar-refractivity contribution in [2.75, 3.05) is 7.11 Å². The number of nitrogens with zero attached hydrogens (tertiary/aromatic N) is 3. The van der Waals surface area contributed by atoms with E-state index in [0.29, 0.717) is 11.4 Å². The fraction of sp³-hybridized carbons (Fsp3) is 0.133. The molecular formula is C15H14N4OS. The quantitative estimate of drug-likeness (QED) is 0.752. The molecule has 0 aliphatic heterocycles. The highest BCUT2D eigenvalue weighted by atomic mass is 32.1. The Hall–Kier alpha value is -2.31. The minimum absolute atomic E-state index is 0.510. The van der Waals surface area contributed by atoms with Gasteiger partial charge in [-0.05, 0) is 30.4 Å². The summed E-state index contributed by atoms with van der Waals surface area (Å²) in [6, 6.07) is 11.8. The van der Waals surface area contributed by atoms with Crippen molar-refractivity contribution < 1.29 is 4.74 Å². The van der Waals surface area contributed by atoms with Gasteiger partial charge in [0.15, 0.2) is 10.6 Å². The first-order chi connectivity index (χ1) is 10.3. The molecule has 5 nitrogen and oxygen atoms in total. The third-order valence-electron chi connectivity index (χ3n) is 3.12. The number of methoxy groups -OCH3 is 1. The van der Waals surface area contributed by atoms with E-state index in [1.54, 1.807) is 19.5 Å². The Morgan fingerprint density at radius 3 is 2.86 bits per heavy atom. The molecule has 1 aromatic carbocycles. The second-order valence-electron chi connectivity index (χ2n) is 4.49. The number of pyridine rings is 1. The zero-order valence-electron chi connectivity index (χ0n) is 11.5. The van der Waals surface area contributed by atoms with Crippen LogP contribution in [0, 0.1) is 4.77 Å². The van der Waals surface area contributed by atoms with Crippen LogP contribution in [0.15, 0.2) is 48.8 Å². The number of hydrogen-bond acceptors (Lipinski definition) is 4. The molecule has 3 aromatic rings. The summed E-state index contributed by atoms with van der Waals surface area (Å²) in [5.41, 5.74) is 2.90. The van der Waals surface area contributed by atoms with E-state index in [0.717, 1.165) is 22.6 Å². The van der Waals surface area contributed by atoms with Crippen molar-refractivity contribution in [1.29, 1.82) is 0 Å². The molecule has 0 aliphatic carbocycles. The van der Waals surface area contributed by atoms with Gasteiger partial charge in [-0.2, -0.15) is 5.10 Å². The van der Waals surface area contributed by atoms with Crippen molar-refractivity contribution in [3.63, 3.8) is 0 Å². The molecule has 0 saturated carbocycles. The molecule has 0 atom stereocenters. The van der Waals surface area contributed by atoms with Crippen molar-refractivity contribution in [3.8, 4) is 17.1 Å². The van der Waals surface area contributed by atoms with Gasteiger partial charge in [0, 0.05) is 30.6 Å². The van der Waals surface area contributed by atoms with E-state index in [2.05, 4.69) is 15.2 Å². The molecule has 6 heteroatoms. The van der Waals surface area contributed by atoms with Gasteiger partial charge < -0.3 is 4.74 Å². The Labute approximate surface area is 127 Å². The topological polar surface area (TPSA) is 55.7 Å². The third-order valence-corrected chi connectivity index (χ3v) is 3.40. The summed E-state index contributed by atoms with van der Waals surface area (Å²) in [4.78, 5) is 4.14. The number of benzene rings is 1. The van der Waals surface area contributed by atoms with Gasteiger partial charge in [-0.15, -0.1) is 0 Å². The summed E-state index contributed by atoms with van der Waals surface area (Å²) in [7, 11) is 1.67. The zero-order valence-corrected chi connectivity index (χ0v) is 12.3. The molecule has 21 heavy (non-hydrogen) atoms. The van der Waals surface area contributed by atoms with Crippen LogP contribution in [0.3, 0.4) is 0 Å². The fourth-order valence-electron chi connectivity index (χ4n) is 2.22. The van der Waals surface area contributed by atoms with E-state index in [1.165, 1.54) is 0 Å². The summed E-state index contributed by atoms with van der Waals surface area (Å²) in [6.45, 7) is 0.510. The second-order valence-corrected chi connectivity index (χ2v) is 4.88. The molecule has 1 N–H and O–H groups in total. The molecule has 0 saturated heterocycles. The van der Waals surface area contributed by atoms with Crippen LogP contribution >= 0.6 is 12.2 Å². The van der Waals surface area contributed by atoms with E-state index < -0.39 is 0 Å². The average Bonchev–Trinajstić information content (AvgIpc) is 2.91. The van der Waals surface area contributed by atoms with Crippen LogP contribution < -0.4 is 0 Å². The van der Waals surface area contributed by atoms with E-state index >= 15 is 0 Å². The predicted molar refractivity (Wildman–Crippen MR) is 82.7 cm³/mol. The van der Waals surface area contributed by atoms with Gasteiger partial charge in [0.2, 0.25) is 0 Å². The van der Waals surface area contributed by atoms with Gasteiger partial charge in [-0.1, -0.05) is 18.2 Å². The van der Waals surface area contributed by atoms with E-state index in [9.17, 15) is 0 Å². The van der Waals surface area contributed by atoms with Crippen LogP contribution in [0.4, 0.5) is 0 Å². The largest absolute Gasteiger partial charge is 0.380 e. The first kappa shape index (κ1) is 13.7. The van der Waals surface area contributed by atoms with E-state index in [1.807, 2.05) is 41.0 Å². The predicted octanol–water partition coefficient (Wildman–Crippen LogP) is 3.14. The number of H-pyrrole nitrogens is 1. The van der Waals surface area contributed by atoms with Crippen LogP contribution in [0.5, 0.6) is 0 Å².